The van der Waals surface area contributed by atoms with Crippen LogP contribution in [0.5, 0.6) is 0 Å². The van der Waals surface area contributed by atoms with Crippen molar-refractivity contribution in [3.63, 3.8) is 0 Å². The second-order valence-corrected chi connectivity index (χ2v) is 6.17. The van der Waals surface area contributed by atoms with Gasteiger partial charge in [0.05, 0.1) is 5.92 Å². The van der Waals surface area contributed by atoms with Crippen LogP contribution in [-0.2, 0) is 14.3 Å². The minimum atomic E-state index is -0.362. The highest BCUT2D eigenvalue weighted by molar-refractivity contribution is 5.96. The number of rotatable bonds is 7. The van der Waals surface area contributed by atoms with E-state index in [0.29, 0.717) is 6.42 Å². The summed E-state index contributed by atoms with van der Waals surface area (Å²) in [7, 11) is 0. The van der Waals surface area contributed by atoms with E-state index in [9.17, 15) is 9.59 Å². The van der Waals surface area contributed by atoms with Crippen LogP contribution in [0, 0.1) is 0 Å². The van der Waals surface area contributed by atoms with Crippen molar-refractivity contribution < 1.29 is 14.3 Å². The second kappa shape index (κ2) is 9.02. The third-order valence-corrected chi connectivity index (χ3v) is 4.05. The number of benzene rings is 2. The Bertz CT molecular complexity index is 683. The molecule has 25 heavy (non-hydrogen) atoms. The van der Waals surface area contributed by atoms with Gasteiger partial charge in [-0.1, -0.05) is 55.5 Å². The van der Waals surface area contributed by atoms with Crippen molar-refractivity contribution >= 4 is 17.6 Å². The van der Waals surface area contributed by atoms with Gasteiger partial charge in [0.25, 0.3) is 5.91 Å². The fourth-order valence-electron chi connectivity index (χ4n) is 2.85. The van der Waals surface area contributed by atoms with Crippen molar-refractivity contribution in [1.29, 1.82) is 0 Å². The van der Waals surface area contributed by atoms with E-state index in [4.69, 9.17) is 4.74 Å². The predicted octanol–water partition coefficient (Wildman–Crippen LogP) is 4.17. The first-order chi connectivity index (χ1) is 12.0. The number of esters is 1. The van der Waals surface area contributed by atoms with Gasteiger partial charge in [-0.25, -0.2) is 0 Å². The lowest BCUT2D eigenvalue weighted by atomic mass is 9.97. The van der Waals surface area contributed by atoms with Gasteiger partial charge in [0, 0.05) is 11.7 Å². The summed E-state index contributed by atoms with van der Waals surface area (Å²) in [4.78, 5) is 26.7. The average Bonchev–Trinajstić information content (AvgIpc) is 2.62. The normalized spacial score (nSPS) is 11.8. The number of carbonyl (C=O) groups is 2. The SMILES string of the molecule is CCC(C(=O)OCC(=O)N(c1ccccc1)C(C)C)c1ccccc1. The van der Waals surface area contributed by atoms with Crippen LogP contribution in [0.25, 0.3) is 0 Å². The summed E-state index contributed by atoms with van der Waals surface area (Å²) in [5.74, 6) is -0.936. The molecule has 0 aromatic heterocycles. The lowest BCUT2D eigenvalue weighted by Crippen LogP contribution is -2.40. The first-order valence-corrected chi connectivity index (χ1v) is 8.63. The number of nitrogens with zero attached hydrogens (tertiary/aromatic N) is 1. The van der Waals surface area contributed by atoms with Crippen molar-refractivity contribution in [3.8, 4) is 0 Å². The molecule has 1 amide bonds. The largest absolute Gasteiger partial charge is 0.455 e. The molecule has 0 spiro atoms. The first kappa shape index (κ1) is 18.7. The molecule has 0 saturated heterocycles. The van der Waals surface area contributed by atoms with Crippen LogP contribution >= 0.6 is 0 Å². The number of anilines is 1. The highest BCUT2D eigenvalue weighted by atomic mass is 16.5. The summed E-state index contributed by atoms with van der Waals surface area (Å²) < 4.78 is 5.33. The Balaban J connectivity index is 2.03. The number of hydrogen-bond donors (Lipinski definition) is 0. The van der Waals surface area contributed by atoms with Gasteiger partial charge in [-0.05, 0) is 38.0 Å². The standard InChI is InChI=1S/C21H25NO3/c1-4-19(17-11-7-5-8-12-17)21(24)25-15-20(23)22(16(2)3)18-13-9-6-10-14-18/h5-14,16,19H,4,15H2,1-3H3. The molecule has 0 N–H and O–H groups in total. The Labute approximate surface area is 149 Å². The van der Waals surface area contributed by atoms with E-state index < -0.39 is 0 Å². The number of ether oxygens (including phenoxy) is 1. The van der Waals surface area contributed by atoms with Gasteiger partial charge in [0.1, 0.15) is 0 Å². The third-order valence-electron chi connectivity index (χ3n) is 4.05. The van der Waals surface area contributed by atoms with Crippen LogP contribution in [0.1, 0.15) is 38.7 Å². The van der Waals surface area contributed by atoms with Crippen LogP contribution in [0.3, 0.4) is 0 Å². The molecule has 1 unspecified atom stereocenters. The number of amides is 1. The van der Waals surface area contributed by atoms with Crippen molar-refractivity contribution in [2.75, 3.05) is 11.5 Å². The summed E-state index contributed by atoms with van der Waals surface area (Å²) in [6.07, 6.45) is 0.629. The van der Waals surface area contributed by atoms with E-state index >= 15 is 0 Å². The fourth-order valence-corrected chi connectivity index (χ4v) is 2.85. The minimum absolute atomic E-state index is 0.0234. The zero-order valence-corrected chi connectivity index (χ0v) is 15.0. The van der Waals surface area contributed by atoms with Gasteiger partial charge in [-0.2, -0.15) is 0 Å². The van der Waals surface area contributed by atoms with E-state index in [1.165, 1.54) is 0 Å². The van der Waals surface area contributed by atoms with E-state index in [2.05, 4.69) is 0 Å². The Kier molecular flexibility index (Phi) is 6.75. The Morgan fingerprint density at radius 2 is 1.52 bits per heavy atom. The van der Waals surface area contributed by atoms with Gasteiger partial charge in [0.15, 0.2) is 6.61 Å². The lowest BCUT2D eigenvalue weighted by molar-refractivity contribution is -0.149. The summed E-state index contributed by atoms with van der Waals surface area (Å²) >= 11 is 0. The maximum Gasteiger partial charge on any atom is 0.313 e. The van der Waals surface area contributed by atoms with Crippen molar-refractivity contribution in [3.05, 3.63) is 66.2 Å². The lowest BCUT2D eigenvalue weighted by Gasteiger charge is -2.27. The van der Waals surface area contributed by atoms with Crippen LogP contribution < -0.4 is 4.90 Å². The Morgan fingerprint density at radius 3 is 2.04 bits per heavy atom. The Morgan fingerprint density at radius 1 is 0.960 bits per heavy atom. The van der Waals surface area contributed by atoms with Crippen molar-refractivity contribution in [2.45, 2.75) is 39.2 Å². The van der Waals surface area contributed by atoms with Gasteiger partial charge >= 0.3 is 5.97 Å². The minimum Gasteiger partial charge on any atom is -0.455 e. The monoisotopic (exact) mass is 339 g/mol. The predicted molar refractivity (Wildman–Crippen MR) is 99.5 cm³/mol. The number of carbonyl (C=O) groups excluding carboxylic acids is 2. The molecule has 0 aliphatic heterocycles. The molecular formula is C21H25NO3. The molecular weight excluding hydrogens is 314 g/mol. The molecule has 1 atom stereocenters. The third kappa shape index (κ3) is 4.92. The summed E-state index contributed by atoms with van der Waals surface area (Å²) in [6.45, 7) is 5.55. The molecule has 0 aliphatic rings. The van der Waals surface area contributed by atoms with E-state index in [1.807, 2.05) is 81.4 Å². The van der Waals surface area contributed by atoms with Gasteiger partial charge in [0.2, 0.25) is 0 Å². The smallest absolute Gasteiger partial charge is 0.313 e. The molecule has 2 aromatic rings. The van der Waals surface area contributed by atoms with Crippen molar-refractivity contribution in [1.82, 2.24) is 0 Å². The van der Waals surface area contributed by atoms with Gasteiger partial charge in [-0.15, -0.1) is 0 Å². The summed E-state index contributed by atoms with van der Waals surface area (Å²) in [5.41, 5.74) is 1.71. The van der Waals surface area contributed by atoms with Gasteiger partial charge < -0.3 is 9.64 Å². The fraction of sp³-hybridized carbons (Fsp3) is 0.333. The highest BCUT2D eigenvalue weighted by Gasteiger charge is 2.24. The van der Waals surface area contributed by atoms with Crippen LogP contribution in [0.4, 0.5) is 5.69 Å². The summed E-state index contributed by atoms with van der Waals surface area (Å²) in [5, 5.41) is 0. The average molecular weight is 339 g/mol. The molecule has 2 rings (SSSR count). The molecule has 132 valence electrons. The maximum atomic E-state index is 12.6. The molecule has 0 radical (unpaired) electrons. The molecule has 2 aromatic carbocycles. The number of para-hydroxylation sites is 1. The zero-order chi connectivity index (χ0) is 18.2. The molecule has 0 saturated carbocycles. The summed E-state index contributed by atoms with van der Waals surface area (Å²) in [6, 6.07) is 18.9. The quantitative estimate of drug-likeness (QED) is 0.712. The topological polar surface area (TPSA) is 46.6 Å². The number of hydrogen-bond acceptors (Lipinski definition) is 3. The molecule has 0 fully saturated rings. The van der Waals surface area contributed by atoms with E-state index in [0.717, 1.165) is 11.3 Å². The van der Waals surface area contributed by atoms with Crippen LogP contribution in [-0.4, -0.2) is 24.5 Å². The molecule has 0 bridgehead atoms. The molecule has 4 heteroatoms. The van der Waals surface area contributed by atoms with Gasteiger partial charge in [-0.3, -0.25) is 9.59 Å². The second-order valence-electron chi connectivity index (χ2n) is 6.17. The van der Waals surface area contributed by atoms with Crippen molar-refractivity contribution in [2.24, 2.45) is 0 Å². The highest BCUT2D eigenvalue weighted by Crippen LogP contribution is 2.21. The van der Waals surface area contributed by atoms with E-state index in [-0.39, 0.29) is 30.4 Å². The molecule has 0 heterocycles. The molecule has 4 nitrogen and oxygen atoms in total. The van der Waals surface area contributed by atoms with E-state index in [1.54, 1.807) is 4.90 Å². The van der Waals surface area contributed by atoms with Crippen LogP contribution in [0.2, 0.25) is 0 Å². The Hall–Kier alpha value is -2.62. The van der Waals surface area contributed by atoms with Crippen LogP contribution in [0.15, 0.2) is 60.7 Å². The molecule has 0 aliphatic carbocycles. The first-order valence-electron chi connectivity index (χ1n) is 8.63. The maximum absolute atomic E-state index is 12.6. The zero-order valence-electron chi connectivity index (χ0n) is 15.0.